The fourth-order valence-electron chi connectivity index (χ4n) is 2.60. The highest BCUT2D eigenvalue weighted by atomic mass is 35.5. The summed E-state index contributed by atoms with van der Waals surface area (Å²) >= 11 is 13.3. The second kappa shape index (κ2) is 8.30. The Balaban J connectivity index is 1.80. The van der Waals surface area contributed by atoms with Crippen molar-refractivity contribution >= 4 is 67.6 Å². The van der Waals surface area contributed by atoms with E-state index in [9.17, 15) is 13.2 Å². The van der Waals surface area contributed by atoms with E-state index in [4.69, 9.17) is 28.3 Å². The van der Waals surface area contributed by atoms with Crippen LogP contribution in [-0.4, -0.2) is 29.6 Å². The average Bonchev–Trinajstić information content (AvgIpc) is 2.99. The van der Waals surface area contributed by atoms with Crippen LogP contribution < -0.4 is 10.5 Å². The topological polar surface area (TPSA) is 107 Å². The molecule has 3 N–H and O–H groups in total. The van der Waals surface area contributed by atoms with Crippen LogP contribution in [0.15, 0.2) is 46.5 Å². The number of aryl methyl sites for hydroxylation is 1. The van der Waals surface area contributed by atoms with Crippen molar-refractivity contribution in [1.29, 1.82) is 0 Å². The van der Waals surface area contributed by atoms with Gasteiger partial charge in [-0.3, -0.25) is 4.79 Å². The smallest absolute Gasteiger partial charge is 0.238 e. The highest BCUT2D eigenvalue weighted by Gasteiger charge is 2.16. The SMILES string of the molecule is CCn1c(SCC(=O)Nc2cccc(Cl)c2Cl)nc2cc(S(N)(=O)=O)ccc21. The van der Waals surface area contributed by atoms with Gasteiger partial charge in [-0.1, -0.05) is 41.0 Å². The molecule has 0 fully saturated rings. The molecule has 3 rings (SSSR count). The number of amides is 1. The number of hydrogen-bond donors (Lipinski definition) is 2. The molecule has 2 aromatic carbocycles. The average molecular weight is 459 g/mol. The van der Waals surface area contributed by atoms with Gasteiger partial charge in [-0.05, 0) is 37.3 Å². The predicted molar refractivity (Wildman–Crippen MR) is 113 cm³/mol. The van der Waals surface area contributed by atoms with E-state index in [1.807, 2.05) is 11.5 Å². The number of rotatable bonds is 6. The van der Waals surface area contributed by atoms with Crippen molar-refractivity contribution in [2.75, 3.05) is 11.1 Å². The summed E-state index contributed by atoms with van der Waals surface area (Å²) in [5.74, 6) is -0.178. The van der Waals surface area contributed by atoms with Crippen LogP contribution >= 0.6 is 35.0 Å². The maximum atomic E-state index is 12.3. The van der Waals surface area contributed by atoms with Crippen LogP contribution in [0.5, 0.6) is 0 Å². The zero-order chi connectivity index (χ0) is 20.5. The van der Waals surface area contributed by atoms with E-state index in [0.717, 1.165) is 5.52 Å². The molecular formula is C17H16Cl2N4O3S2. The number of nitrogens with two attached hydrogens (primary N) is 1. The van der Waals surface area contributed by atoms with Crippen LogP contribution in [-0.2, 0) is 21.4 Å². The number of primary sulfonamides is 1. The third-order valence-electron chi connectivity index (χ3n) is 3.89. The van der Waals surface area contributed by atoms with Gasteiger partial charge in [-0.2, -0.15) is 0 Å². The largest absolute Gasteiger partial charge is 0.324 e. The molecule has 0 spiro atoms. The minimum absolute atomic E-state index is 0.00866. The third-order valence-corrected chi connectivity index (χ3v) is 6.59. The first-order valence-corrected chi connectivity index (χ1v) is 11.4. The lowest BCUT2D eigenvalue weighted by molar-refractivity contribution is -0.113. The molecule has 0 unspecified atom stereocenters. The molecular weight excluding hydrogens is 443 g/mol. The van der Waals surface area contributed by atoms with Crippen molar-refractivity contribution in [3.8, 4) is 0 Å². The van der Waals surface area contributed by atoms with Crippen LogP contribution in [0.4, 0.5) is 5.69 Å². The van der Waals surface area contributed by atoms with Crippen molar-refractivity contribution in [1.82, 2.24) is 9.55 Å². The molecule has 0 aliphatic rings. The van der Waals surface area contributed by atoms with Gasteiger partial charge in [-0.15, -0.1) is 0 Å². The lowest BCUT2D eigenvalue weighted by Gasteiger charge is -2.08. The number of imidazole rings is 1. The number of benzene rings is 2. The van der Waals surface area contributed by atoms with Gasteiger partial charge in [0.05, 0.1) is 37.4 Å². The molecule has 0 bridgehead atoms. The first-order chi connectivity index (χ1) is 13.2. The van der Waals surface area contributed by atoms with Gasteiger partial charge < -0.3 is 9.88 Å². The van der Waals surface area contributed by atoms with E-state index in [-0.39, 0.29) is 21.6 Å². The van der Waals surface area contributed by atoms with Crippen LogP contribution in [0.1, 0.15) is 6.92 Å². The van der Waals surface area contributed by atoms with Crippen molar-refractivity contribution in [3.63, 3.8) is 0 Å². The van der Waals surface area contributed by atoms with E-state index in [1.165, 1.54) is 23.9 Å². The molecule has 0 atom stereocenters. The highest BCUT2D eigenvalue weighted by molar-refractivity contribution is 7.99. The van der Waals surface area contributed by atoms with E-state index in [1.54, 1.807) is 24.3 Å². The minimum Gasteiger partial charge on any atom is -0.324 e. The lowest BCUT2D eigenvalue weighted by Crippen LogP contribution is -2.15. The van der Waals surface area contributed by atoms with Crippen LogP contribution in [0.25, 0.3) is 11.0 Å². The Morgan fingerprint density at radius 1 is 1.29 bits per heavy atom. The summed E-state index contributed by atoms with van der Waals surface area (Å²) in [7, 11) is -3.82. The summed E-state index contributed by atoms with van der Waals surface area (Å²) in [5, 5.41) is 9.11. The number of carbonyl (C=O) groups excluding carboxylic acids is 1. The zero-order valence-electron chi connectivity index (χ0n) is 14.6. The second-order valence-corrected chi connectivity index (χ2v) is 9.06. The Morgan fingerprint density at radius 3 is 2.71 bits per heavy atom. The molecule has 28 heavy (non-hydrogen) atoms. The minimum atomic E-state index is -3.82. The first kappa shape index (κ1) is 20.9. The fraction of sp³-hybridized carbons (Fsp3) is 0.176. The quantitative estimate of drug-likeness (QED) is 0.546. The Bertz CT molecular complexity index is 1160. The monoisotopic (exact) mass is 458 g/mol. The molecule has 0 aliphatic heterocycles. The van der Waals surface area contributed by atoms with Crippen LogP contribution in [0, 0.1) is 0 Å². The van der Waals surface area contributed by atoms with Crippen LogP contribution in [0.2, 0.25) is 10.0 Å². The molecule has 0 saturated heterocycles. The summed E-state index contributed by atoms with van der Waals surface area (Å²) in [4.78, 5) is 16.7. The second-order valence-electron chi connectivity index (χ2n) is 5.77. The van der Waals surface area contributed by atoms with E-state index >= 15 is 0 Å². The molecule has 1 amide bonds. The van der Waals surface area contributed by atoms with E-state index < -0.39 is 10.0 Å². The number of carbonyl (C=O) groups is 1. The van der Waals surface area contributed by atoms with Gasteiger partial charge in [0.1, 0.15) is 0 Å². The number of anilines is 1. The van der Waals surface area contributed by atoms with Gasteiger partial charge in [0.15, 0.2) is 5.16 Å². The molecule has 0 radical (unpaired) electrons. The summed E-state index contributed by atoms with van der Waals surface area (Å²) in [6.45, 7) is 2.54. The van der Waals surface area contributed by atoms with Gasteiger partial charge in [-0.25, -0.2) is 18.5 Å². The van der Waals surface area contributed by atoms with Gasteiger partial charge in [0.25, 0.3) is 0 Å². The molecule has 0 aliphatic carbocycles. The Kier molecular flexibility index (Phi) is 6.21. The fourth-order valence-corrected chi connectivity index (χ4v) is 4.36. The molecule has 0 saturated carbocycles. The number of thioether (sulfide) groups is 1. The molecule has 7 nitrogen and oxygen atoms in total. The van der Waals surface area contributed by atoms with Gasteiger partial charge in [0, 0.05) is 6.54 Å². The Hall–Kier alpha value is -1.78. The van der Waals surface area contributed by atoms with Gasteiger partial charge >= 0.3 is 0 Å². The van der Waals surface area contributed by atoms with E-state index in [0.29, 0.717) is 27.9 Å². The van der Waals surface area contributed by atoms with Crippen LogP contribution in [0.3, 0.4) is 0 Å². The number of fused-ring (bicyclic) bond motifs is 1. The Labute approximate surface area is 176 Å². The number of nitrogens with zero attached hydrogens (tertiary/aromatic N) is 2. The van der Waals surface area contributed by atoms with Crippen molar-refractivity contribution in [3.05, 3.63) is 46.4 Å². The standard InChI is InChI=1S/C17H16Cl2N4O3S2/c1-2-23-14-7-6-10(28(20,25)26)8-13(14)22-17(23)27-9-15(24)21-12-5-3-4-11(18)16(12)19/h3-8H,2,9H2,1H3,(H,21,24)(H2,20,25,26). The Morgan fingerprint density at radius 2 is 2.04 bits per heavy atom. The maximum Gasteiger partial charge on any atom is 0.238 e. The lowest BCUT2D eigenvalue weighted by atomic mass is 10.3. The molecule has 148 valence electrons. The first-order valence-electron chi connectivity index (χ1n) is 8.10. The normalized spacial score (nSPS) is 11.7. The van der Waals surface area contributed by atoms with Gasteiger partial charge in [0.2, 0.25) is 15.9 Å². The predicted octanol–water partition coefficient (Wildman–Crippen LogP) is 3.74. The molecule has 11 heteroatoms. The van der Waals surface area contributed by atoms with Crippen molar-refractivity contribution in [2.45, 2.75) is 23.5 Å². The van der Waals surface area contributed by atoms with E-state index in [2.05, 4.69) is 10.3 Å². The molecule has 1 heterocycles. The van der Waals surface area contributed by atoms with Crippen molar-refractivity contribution < 1.29 is 13.2 Å². The highest BCUT2D eigenvalue weighted by Crippen LogP contribution is 2.30. The number of hydrogen-bond acceptors (Lipinski definition) is 5. The third kappa shape index (κ3) is 4.44. The number of halogens is 2. The number of sulfonamides is 1. The maximum absolute atomic E-state index is 12.3. The number of nitrogens with one attached hydrogen (secondary N) is 1. The number of aromatic nitrogens is 2. The molecule has 1 aromatic heterocycles. The zero-order valence-corrected chi connectivity index (χ0v) is 17.8. The molecule has 3 aromatic rings. The summed E-state index contributed by atoms with van der Waals surface area (Å²) in [6.07, 6.45) is 0. The summed E-state index contributed by atoms with van der Waals surface area (Å²) < 4.78 is 25.0. The summed E-state index contributed by atoms with van der Waals surface area (Å²) in [6, 6.07) is 9.50. The van der Waals surface area contributed by atoms with Crippen molar-refractivity contribution in [2.24, 2.45) is 5.14 Å². The summed E-state index contributed by atoms with van der Waals surface area (Å²) in [5.41, 5.74) is 1.69.